The third kappa shape index (κ3) is 4.58. The minimum Gasteiger partial charge on any atom is -0.488 e. The Kier molecular flexibility index (Phi) is 5.75. The average Bonchev–Trinajstić information content (AvgIpc) is 3.34. The normalized spacial score (nSPS) is 21.1. The summed E-state index contributed by atoms with van der Waals surface area (Å²) >= 11 is 0. The Balaban J connectivity index is 1.71. The first-order valence-corrected chi connectivity index (χ1v) is 10.8. The molecule has 4 N–H and O–H groups in total. The average molecular weight is 426 g/mol. The SMILES string of the molecule is C[C@@H](Oc1cc(C(C=NC(C)(C)CO)=CN)cc2ncn(C3CC3)c12)[C@H]1CNC(=O)C1. The molecule has 0 unspecified atom stereocenters. The number of allylic oxidation sites excluding steroid dienone is 1. The zero-order chi connectivity index (χ0) is 22.2. The lowest BCUT2D eigenvalue weighted by atomic mass is 10.0. The van der Waals surface area contributed by atoms with E-state index in [1.165, 1.54) is 6.20 Å². The number of ether oxygens (including phenoxy) is 1. The Morgan fingerprint density at radius 2 is 2.26 bits per heavy atom. The monoisotopic (exact) mass is 425 g/mol. The number of rotatable bonds is 8. The Hall–Kier alpha value is -2.87. The van der Waals surface area contributed by atoms with Gasteiger partial charge in [0.1, 0.15) is 17.4 Å². The highest BCUT2D eigenvalue weighted by Gasteiger charge is 2.30. The van der Waals surface area contributed by atoms with Gasteiger partial charge in [-0.05, 0) is 51.3 Å². The molecule has 8 nitrogen and oxygen atoms in total. The number of nitrogens with one attached hydrogen (secondary N) is 1. The van der Waals surface area contributed by atoms with Crippen LogP contribution in [0.4, 0.5) is 0 Å². The van der Waals surface area contributed by atoms with E-state index in [1.807, 2.05) is 39.2 Å². The molecule has 31 heavy (non-hydrogen) atoms. The number of nitrogens with zero attached hydrogens (tertiary/aromatic N) is 3. The number of benzene rings is 1. The third-order valence-corrected chi connectivity index (χ3v) is 6.01. The van der Waals surface area contributed by atoms with Gasteiger partial charge in [-0.15, -0.1) is 0 Å². The minimum atomic E-state index is -0.595. The van der Waals surface area contributed by atoms with Crippen molar-refractivity contribution in [3.05, 3.63) is 30.2 Å². The molecule has 1 saturated heterocycles. The number of hydrogen-bond donors (Lipinski definition) is 3. The third-order valence-electron chi connectivity index (χ3n) is 6.01. The van der Waals surface area contributed by atoms with Gasteiger partial charge in [0, 0.05) is 42.9 Å². The predicted octanol–water partition coefficient (Wildman–Crippen LogP) is 2.42. The standard InChI is InChI=1S/C23H31N5O3/c1-14(16-8-21(30)25-10-16)31-20-7-15(17(9-24)11-27-23(2,3)12-29)6-19-22(20)28(13-26-19)18-4-5-18/h6-7,9,11,13-14,16,18,29H,4-5,8,10,12,24H2,1-3H3,(H,25,30)/t14-,16-/m1/s1. The summed E-state index contributed by atoms with van der Waals surface area (Å²) in [7, 11) is 0. The molecule has 0 radical (unpaired) electrons. The molecular weight excluding hydrogens is 394 g/mol. The van der Waals surface area contributed by atoms with Crippen molar-refractivity contribution in [3.63, 3.8) is 0 Å². The van der Waals surface area contributed by atoms with Crippen molar-refractivity contribution in [2.24, 2.45) is 16.6 Å². The van der Waals surface area contributed by atoms with Gasteiger partial charge >= 0.3 is 0 Å². The van der Waals surface area contributed by atoms with Crippen molar-refractivity contribution in [2.75, 3.05) is 13.2 Å². The van der Waals surface area contributed by atoms with Crippen LogP contribution in [0.3, 0.4) is 0 Å². The van der Waals surface area contributed by atoms with Crippen LogP contribution in [0.2, 0.25) is 0 Å². The highest BCUT2D eigenvalue weighted by atomic mass is 16.5. The number of fused-ring (bicyclic) bond motifs is 1. The van der Waals surface area contributed by atoms with Gasteiger partial charge in [-0.25, -0.2) is 4.98 Å². The molecule has 1 saturated carbocycles. The molecule has 1 aliphatic heterocycles. The van der Waals surface area contributed by atoms with Crippen LogP contribution in [0.15, 0.2) is 29.7 Å². The molecule has 1 amide bonds. The van der Waals surface area contributed by atoms with Crippen molar-refractivity contribution >= 4 is 28.7 Å². The number of imidazole rings is 1. The van der Waals surface area contributed by atoms with Crippen LogP contribution >= 0.6 is 0 Å². The first-order valence-electron chi connectivity index (χ1n) is 10.8. The topological polar surface area (TPSA) is 115 Å². The van der Waals surface area contributed by atoms with Crippen LogP contribution < -0.4 is 15.8 Å². The summed E-state index contributed by atoms with van der Waals surface area (Å²) in [5.41, 5.74) is 8.70. The summed E-state index contributed by atoms with van der Waals surface area (Å²) < 4.78 is 8.62. The second kappa shape index (κ2) is 8.34. The van der Waals surface area contributed by atoms with E-state index in [9.17, 15) is 9.90 Å². The van der Waals surface area contributed by atoms with Crippen molar-refractivity contribution < 1.29 is 14.6 Å². The zero-order valence-electron chi connectivity index (χ0n) is 18.3. The van der Waals surface area contributed by atoms with Crippen LogP contribution in [-0.2, 0) is 4.79 Å². The summed E-state index contributed by atoms with van der Waals surface area (Å²) in [6.07, 6.45) is 7.68. The number of nitrogens with two attached hydrogens (primary N) is 1. The summed E-state index contributed by atoms with van der Waals surface area (Å²) in [5.74, 6) is 0.927. The van der Waals surface area contributed by atoms with Crippen molar-refractivity contribution in [3.8, 4) is 5.75 Å². The second-order valence-corrected chi connectivity index (χ2v) is 9.17. The summed E-state index contributed by atoms with van der Waals surface area (Å²) in [5, 5.41) is 12.4. The molecule has 8 heteroatoms. The van der Waals surface area contributed by atoms with E-state index < -0.39 is 5.54 Å². The fourth-order valence-corrected chi connectivity index (χ4v) is 3.77. The fourth-order valence-electron chi connectivity index (χ4n) is 3.77. The molecule has 1 aromatic carbocycles. The predicted molar refractivity (Wildman–Crippen MR) is 121 cm³/mol. The van der Waals surface area contributed by atoms with Gasteiger partial charge in [0.15, 0.2) is 0 Å². The number of amides is 1. The molecule has 2 fully saturated rings. The van der Waals surface area contributed by atoms with Crippen LogP contribution in [0.25, 0.3) is 16.6 Å². The number of aliphatic hydroxyl groups is 1. The van der Waals surface area contributed by atoms with Crippen LogP contribution in [0.1, 0.15) is 51.6 Å². The summed E-state index contributed by atoms with van der Waals surface area (Å²) in [6, 6.07) is 4.42. The second-order valence-electron chi connectivity index (χ2n) is 9.17. The molecule has 0 spiro atoms. The van der Waals surface area contributed by atoms with Crippen molar-refractivity contribution in [1.82, 2.24) is 14.9 Å². The lowest BCUT2D eigenvalue weighted by molar-refractivity contribution is -0.119. The van der Waals surface area contributed by atoms with E-state index in [1.54, 1.807) is 6.21 Å². The molecule has 2 aliphatic rings. The largest absolute Gasteiger partial charge is 0.488 e. The highest BCUT2D eigenvalue weighted by molar-refractivity contribution is 6.11. The van der Waals surface area contributed by atoms with E-state index in [2.05, 4.69) is 19.9 Å². The Morgan fingerprint density at radius 1 is 1.48 bits per heavy atom. The van der Waals surface area contributed by atoms with Gasteiger partial charge in [-0.3, -0.25) is 9.79 Å². The lowest BCUT2D eigenvalue weighted by Gasteiger charge is -2.21. The fraction of sp³-hybridized carbons (Fsp3) is 0.522. The molecule has 0 bridgehead atoms. The first-order chi connectivity index (χ1) is 14.8. The maximum Gasteiger partial charge on any atom is 0.220 e. The summed E-state index contributed by atoms with van der Waals surface area (Å²) in [6.45, 7) is 6.27. The van der Waals surface area contributed by atoms with E-state index in [-0.39, 0.29) is 24.5 Å². The van der Waals surface area contributed by atoms with Gasteiger partial charge in [-0.2, -0.15) is 0 Å². The van der Waals surface area contributed by atoms with E-state index in [4.69, 9.17) is 10.5 Å². The lowest BCUT2D eigenvalue weighted by Crippen LogP contribution is -2.26. The van der Waals surface area contributed by atoms with Crippen LogP contribution in [0, 0.1) is 5.92 Å². The number of carbonyl (C=O) groups is 1. The highest BCUT2D eigenvalue weighted by Crippen LogP contribution is 2.41. The molecular formula is C23H31N5O3. The van der Waals surface area contributed by atoms with Gasteiger partial charge < -0.3 is 25.5 Å². The Morgan fingerprint density at radius 3 is 2.87 bits per heavy atom. The molecule has 2 heterocycles. The first kappa shape index (κ1) is 21.4. The number of aliphatic hydroxyl groups excluding tert-OH is 1. The van der Waals surface area contributed by atoms with Crippen LogP contribution in [-0.4, -0.2) is 51.6 Å². The molecule has 166 valence electrons. The smallest absolute Gasteiger partial charge is 0.220 e. The quantitative estimate of drug-likeness (QED) is 0.562. The molecule has 1 aromatic heterocycles. The van der Waals surface area contributed by atoms with Gasteiger partial charge in [0.2, 0.25) is 5.91 Å². The van der Waals surface area contributed by atoms with Gasteiger partial charge in [0.25, 0.3) is 0 Å². The zero-order valence-corrected chi connectivity index (χ0v) is 18.3. The van der Waals surface area contributed by atoms with E-state index in [0.29, 0.717) is 19.0 Å². The number of carbonyl (C=O) groups excluding carboxylic acids is 1. The number of aliphatic imine (C=N–C) groups is 1. The van der Waals surface area contributed by atoms with Gasteiger partial charge in [-0.1, -0.05) is 0 Å². The molecule has 4 rings (SSSR count). The number of hydrogen-bond acceptors (Lipinski definition) is 6. The minimum absolute atomic E-state index is 0.0633. The molecule has 1 aliphatic carbocycles. The maximum atomic E-state index is 11.7. The van der Waals surface area contributed by atoms with E-state index >= 15 is 0 Å². The van der Waals surface area contributed by atoms with Crippen molar-refractivity contribution in [1.29, 1.82) is 0 Å². The maximum absolute atomic E-state index is 11.7. The van der Waals surface area contributed by atoms with Gasteiger partial charge in [0.05, 0.1) is 24.0 Å². The van der Waals surface area contributed by atoms with E-state index in [0.717, 1.165) is 40.8 Å². The number of aromatic nitrogens is 2. The van der Waals surface area contributed by atoms with Crippen LogP contribution in [0.5, 0.6) is 5.75 Å². The molecule has 2 atom stereocenters. The Bertz CT molecular complexity index is 1040. The summed E-state index contributed by atoms with van der Waals surface area (Å²) in [4.78, 5) is 20.8. The Labute approximate surface area is 182 Å². The van der Waals surface area contributed by atoms with Crippen molar-refractivity contribution in [2.45, 2.75) is 57.7 Å². The molecule has 2 aromatic rings.